The predicted octanol–water partition coefficient (Wildman–Crippen LogP) is 6.26. The minimum Gasteiger partial charge on any atom is -0.489 e. The second-order valence-corrected chi connectivity index (χ2v) is 8.98. The number of nitrogens with zero attached hydrogens (tertiary/aromatic N) is 1. The highest BCUT2D eigenvalue weighted by Gasteiger charge is 2.42. The summed E-state index contributed by atoms with van der Waals surface area (Å²) in [5.41, 5.74) is 2.61. The number of hydrogen-bond donors (Lipinski definition) is 0. The first-order chi connectivity index (χ1) is 18.1. The molecule has 1 aromatic heterocycles. The summed E-state index contributed by atoms with van der Waals surface area (Å²) in [7, 11) is 0. The number of ether oxygens (including phenoxy) is 1. The molecule has 0 bridgehead atoms. The Morgan fingerprint density at radius 1 is 0.811 bits per heavy atom. The van der Waals surface area contributed by atoms with Crippen LogP contribution in [-0.4, -0.2) is 10.8 Å². The van der Waals surface area contributed by atoms with Crippen LogP contribution in [0.1, 0.15) is 38.9 Å². The summed E-state index contributed by atoms with van der Waals surface area (Å²) in [6, 6.07) is 29.8. The Morgan fingerprint density at radius 3 is 2.30 bits per heavy atom. The van der Waals surface area contributed by atoms with Gasteiger partial charge in [0.25, 0.3) is 5.91 Å². The SMILES string of the molecule is O=C1c2oc3ccc(F)cc3c(=O)c2C(c2cccc(OCc3ccccc3)c2)N1Cc1ccccc1. The molecule has 6 rings (SSSR count). The van der Waals surface area contributed by atoms with Crippen molar-refractivity contribution in [2.24, 2.45) is 0 Å². The molecule has 5 nitrogen and oxygen atoms in total. The fourth-order valence-electron chi connectivity index (χ4n) is 4.80. The molecular formula is C31H22FNO4. The lowest BCUT2D eigenvalue weighted by molar-refractivity contribution is 0.0714. The van der Waals surface area contributed by atoms with Gasteiger partial charge in [0.05, 0.1) is 17.0 Å². The van der Waals surface area contributed by atoms with Crippen LogP contribution >= 0.6 is 0 Å². The van der Waals surface area contributed by atoms with E-state index in [1.807, 2.05) is 84.9 Å². The van der Waals surface area contributed by atoms with Gasteiger partial charge in [0.2, 0.25) is 5.76 Å². The van der Waals surface area contributed by atoms with Crippen molar-refractivity contribution in [1.29, 1.82) is 0 Å². The highest BCUT2D eigenvalue weighted by molar-refractivity contribution is 5.99. The Kier molecular flexibility index (Phi) is 5.77. The fraction of sp³-hybridized carbons (Fsp3) is 0.0968. The Labute approximate surface area is 212 Å². The first-order valence-corrected chi connectivity index (χ1v) is 12.0. The maximum absolute atomic E-state index is 14.0. The van der Waals surface area contributed by atoms with E-state index in [9.17, 15) is 14.0 Å². The minimum absolute atomic E-state index is 0.0133. The average molecular weight is 492 g/mol. The molecule has 0 saturated heterocycles. The van der Waals surface area contributed by atoms with Crippen molar-refractivity contribution >= 4 is 16.9 Å². The number of amides is 1. The third-order valence-electron chi connectivity index (χ3n) is 6.55. The van der Waals surface area contributed by atoms with Crippen LogP contribution in [0.3, 0.4) is 0 Å². The molecule has 4 aromatic carbocycles. The topological polar surface area (TPSA) is 59.8 Å². The van der Waals surface area contributed by atoms with E-state index < -0.39 is 17.3 Å². The van der Waals surface area contributed by atoms with Crippen LogP contribution < -0.4 is 10.2 Å². The molecule has 6 heteroatoms. The monoisotopic (exact) mass is 491 g/mol. The first kappa shape index (κ1) is 22.7. The van der Waals surface area contributed by atoms with Gasteiger partial charge in [-0.3, -0.25) is 9.59 Å². The number of rotatable bonds is 6. The van der Waals surface area contributed by atoms with Crippen molar-refractivity contribution in [1.82, 2.24) is 4.90 Å². The van der Waals surface area contributed by atoms with Crippen molar-refractivity contribution in [3.63, 3.8) is 0 Å². The van der Waals surface area contributed by atoms with Gasteiger partial charge in [-0.25, -0.2) is 4.39 Å². The summed E-state index contributed by atoms with van der Waals surface area (Å²) in [5, 5.41) is 0.106. The largest absolute Gasteiger partial charge is 0.489 e. The lowest BCUT2D eigenvalue weighted by Gasteiger charge is -2.25. The molecule has 1 atom stereocenters. The number of carbonyl (C=O) groups excluding carboxylic acids is 1. The second kappa shape index (κ2) is 9.39. The summed E-state index contributed by atoms with van der Waals surface area (Å²) in [5.74, 6) is -0.334. The Morgan fingerprint density at radius 2 is 1.54 bits per heavy atom. The van der Waals surface area contributed by atoms with E-state index in [1.165, 1.54) is 12.1 Å². The molecule has 0 aliphatic carbocycles. The third-order valence-corrected chi connectivity index (χ3v) is 6.55. The molecule has 37 heavy (non-hydrogen) atoms. The molecule has 182 valence electrons. The van der Waals surface area contributed by atoms with E-state index in [-0.39, 0.29) is 34.7 Å². The van der Waals surface area contributed by atoms with Gasteiger partial charge in [-0.15, -0.1) is 0 Å². The Hall–Kier alpha value is -4.71. The standard InChI is InChI=1S/C31H22FNO4/c32-23-14-15-26-25(17-23)29(34)27-28(33(31(35)30(27)37-26)18-20-8-3-1-4-9-20)22-12-7-13-24(16-22)36-19-21-10-5-2-6-11-21/h1-17,28H,18-19H2. The smallest absolute Gasteiger partial charge is 0.291 e. The van der Waals surface area contributed by atoms with Crippen LogP contribution in [0.4, 0.5) is 4.39 Å². The summed E-state index contributed by atoms with van der Waals surface area (Å²) in [6.07, 6.45) is 0. The van der Waals surface area contributed by atoms with Crippen LogP contribution in [0.5, 0.6) is 5.75 Å². The normalized spacial score (nSPS) is 14.7. The van der Waals surface area contributed by atoms with Crippen molar-refractivity contribution in [3.05, 3.63) is 147 Å². The second-order valence-electron chi connectivity index (χ2n) is 8.98. The maximum atomic E-state index is 14.0. The number of carbonyl (C=O) groups is 1. The van der Waals surface area contributed by atoms with Crippen LogP contribution in [-0.2, 0) is 13.2 Å². The van der Waals surface area contributed by atoms with Crippen LogP contribution in [0.25, 0.3) is 11.0 Å². The van der Waals surface area contributed by atoms with Crippen LogP contribution in [0.15, 0.2) is 112 Å². The highest BCUT2D eigenvalue weighted by atomic mass is 19.1. The van der Waals surface area contributed by atoms with E-state index in [2.05, 4.69) is 0 Å². The number of halogens is 1. The van der Waals surface area contributed by atoms with Gasteiger partial charge in [0, 0.05) is 6.54 Å². The van der Waals surface area contributed by atoms with E-state index in [1.54, 1.807) is 4.90 Å². The number of hydrogen-bond acceptors (Lipinski definition) is 4. The zero-order valence-electron chi connectivity index (χ0n) is 19.8. The predicted molar refractivity (Wildman–Crippen MR) is 138 cm³/mol. The molecule has 1 aliphatic heterocycles. The van der Waals surface area contributed by atoms with Crippen LogP contribution in [0.2, 0.25) is 0 Å². The van der Waals surface area contributed by atoms with Gasteiger partial charge in [-0.2, -0.15) is 0 Å². The zero-order valence-corrected chi connectivity index (χ0v) is 19.8. The molecule has 0 N–H and O–H groups in total. The van der Waals surface area contributed by atoms with Crippen molar-refractivity contribution in [2.45, 2.75) is 19.2 Å². The highest BCUT2D eigenvalue weighted by Crippen LogP contribution is 2.40. The zero-order chi connectivity index (χ0) is 25.4. The van der Waals surface area contributed by atoms with Crippen LogP contribution in [0, 0.1) is 5.82 Å². The molecular weight excluding hydrogens is 469 g/mol. The maximum Gasteiger partial charge on any atom is 0.291 e. The quantitative estimate of drug-likeness (QED) is 0.281. The minimum atomic E-state index is -0.716. The molecule has 0 fully saturated rings. The van der Waals surface area contributed by atoms with Gasteiger partial charge in [-0.05, 0) is 47.0 Å². The summed E-state index contributed by atoms with van der Waals surface area (Å²) in [6.45, 7) is 0.651. The van der Waals surface area contributed by atoms with E-state index in [0.29, 0.717) is 17.9 Å². The van der Waals surface area contributed by atoms with E-state index in [4.69, 9.17) is 9.15 Å². The van der Waals surface area contributed by atoms with Crippen molar-refractivity contribution in [3.8, 4) is 5.75 Å². The van der Waals surface area contributed by atoms with Gasteiger partial charge in [-0.1, -0.05) is 72.8 Å². The average Bonchev–Trinajstić information content (AvgIpc) is 3.20. The molecule has 0 spiro atoms. The fourth-order valence-corrected chi connectivity index (χ4v) is 4.80. The van der Waals surface area contributed by atoms with E-state index >= 15 is 0 Å². The third kappa shape index (κ3) is 4.27. The molecule has 1 aliphatic rings. The molecule has 0 radical (unpaired) electrons. The van der Waals surface area contributed by atoms with Gasteiger partial charge < -0.3 is 14.1 Å². The Balaban J connectivity index is 1.45. The molecule has 1 amide bonds. The summed E-state index contributed by atoms with van der Waals surface area (Å²) >= 11 is 0. The molecule has 0 saturated carbocycles. The molecule has 5 aromatic rings. The molecule has 1 unspecified atom stereocenters. The van der Waals surface area contributed by atoms with E-state index in [0.717, 1.165) is 17.2 Å². The van der Waals surface area contributed by atoms with Gasteiger partial charge in [0.15, 0.2) is 5.43 Å². The lowest BCUT2D eigenvalue weighted by Crippen LogP contribution is -2.29. The Bertz CT molecular complexity index is 1660. The lowest BCUT2D eigenvalue weighted by atomic mass is 9.98. The molecule has 2 heterocycles. The number of fused-ring (bicyclic) bond motifs is 2. The van der Waals surface area contributed by atoms with Crippen molar-refractivity contribution < 1.29 is 18.3 Å². The summed E-state index contributed by atoms with van der Waals surface area (Å²) in [4.78, 5) is 28.9. The van der Waals surface area contributed by atoms with Gasteiger partial charge in [0.1, 0.15) is 23.8 Å². The van der Waals surface area contributed by atoms with Crippen molar-refractivity contribution in [2.75, 3.05) is 0 Å². The summed E-state index contributed by atoms with van der Waals surface area (Å²) < 4.78 is 26.0. The first-order valence-electron chi connectivity index (χ1n) is 12.0. The van der Waals surface area contributed by atoms with Gasteiger partial charge >= 0.3 is 0 Å². The number of benzene rings is 4.